The van der Waals surface area contributed by atoms with Crippen molar-refractivity contribution in [3.63, 3.8) is 0 Å². The van der Waals surface area contributed by atoms with Crippen molar-refractivity contribution in [2.45, 2.75) is 121 Å². The van der Waals surface area contributed by atoms with Gasteiger partial charge in [-0.1, -0.05) is 104 Å². The average molecular weight is 482 g/mol. The molecule has 0 amide bonds. The summed E-state index contributed by atoms with van der Waals surface area (Å²) in [6.45, 7) is 4.06. The van der Waals surface area contributed by atoms with Gasteiger partial charge in [-0.2, -0.15) is 8.42 Å². The topological polar surface area (TPSA) is 94.8 Å². The van der Waals surface area contributed by atoms with Crippen LogP contribution in [0.4, 0.5) is 0 Å². The van der Waals surface area contributed by atoms with Crippen LogP contribution in [-0.4, -0.2) is 74.6 Å². The standard InChI is InChI=1S/C24H42O5S.K/c1-3-4-5-6-7-8-9-10-11-12-13-14-15-16-17-20(2)23-21(25)18-19-22(26)24(23)30(27,28)29;/h18-20,25-26H,3-17H2,1-2H3,(H,27,28,29);. The zero-order valence-corrected chi connectivity index (χ0v) is 23.8. The van der Waals surface area contributed by atoms with Gasteiger partial charge in [0, 0.05) is 56.9 Å². The van der Waals surface area contributed by atoms with Crippen LogP contribution < -0.4 is 0 Å². The van der Waals surface area contributed by atoms with Crippen molar-refractivity contribution in [3.05, 3.63) is 17.7 Å². The quantitative estimate of drug-likeness (QED) is 0.0969. The normalized spacial score (nSPS) is 12.5. The summed E-state index contributed by atoms with van der Waals surface area (Å²) < 4.78 is 32.7. The van der Waals surface area contributed by atoms with E-state index in [1.807, 2.05) is 6.92 Å². The molecule has 1 radical (unpaired) electrons. The minimum atomic E-state index is -4.60. The first-order chi connectivity index (χ1) is 14.3. The minimum absolute atomic E-state index is 0. The maximum atomic E-state index is 11.6. The third-order valence-corrected chi connectivity index (χ3v) is 6.84. The Morgan fingerprint density at radius 3 is 1.55 bits per heavy atom. The van der Waals surface area contributed by atoms with Gasteiger partial charge in [-0.15, -0.1) is 0 Å². The fraction of sp³-hybridized carbons (Fsp3) is 0.750. The van der Waals surface area contributed by atoms with Crippen molar-refractivity contribution in [3.8, 4) is 11.5 Å². The molecular weight excluding hydrogens is 439 g/mol. The number of hydrogen-bond acceptors (Lipinski definition) is 4. The molecule has 0 fully saturated rings. The molecule has 31 heavy (non-hydrogen) atoms. The van der Waals surface area contributed by atoms with Gasteiger partial charge in [0.05, 0.1) is 0 Å². The van der Waals surface area contributed by atoms with Crippen molar-refractivity contribution in [1.82, 2.24) is 0 Å². The summed E-state index contributed by atoms with van der Waals surface area (Å²) in [5.74, 6) is -1.01. The third-order valence-electron chi connectivity index (χ3n) is 5.89. The first kappa shape index (κ1) is 31.4. The second-order valence-electron chi connectivity index (χ2n) is 8.61. The molecule has 7 heteroatoms. The number of phenolic OH excluding ortho intramolecular Hbond substituents is 2. The zero-order chi connectivity index (χ0) is 22.4. The molecule has 0 heterocycles. The van der Waals surface area contributed by atoms with Crippen LogP contribution >= 0.6 is 0 Å². The van der Waals surface area contributed by atoms with Gasteiger partial charge in [0.25, 0.3) is 10.1 Å². The fourth-order valence-electron chi connectivity index (χ4n) is 4.11. The summed E-state index contributed by atoms with van der Waals surface area (Å²) in [7, 11) is -4.60. The van der Waals surface area contributed by atoms with Gasteiger partial charge in [0.1, 0.15) is 16.4 Å². The van der Waals surface area contributed by atoms with Crippen LogP contribution in [0.5, 0.6) is 11.5 Å². The summed E-state index contributed by atoms with van der Waals surface area (Å²) in [4.78, 5) is -0.569. The predicted molar refractivity (Wildman–Crippen MR) is 129 cm³/mol. The van der Waals surface area contributed by atoms with E-state index in [1.54, 1.807) is 0 Å². The smallest absolute Gasteiger partial charge is 0.298 e. The van der Waals surface area contributed by atoms with Gasteiger partial charge in [-0.25, -0.2) is 0 Å². The molecule has 0 aliphatic heterocycles. The molecular formula is C24H42KO5S. The Bertz CT molecular complexity index is 706. The number of benzene rings is 1. The molecule has 0 saturated carbocycles. The van der Waals surface area contributed by atoms with Crippen LogP contribution in [-0.2, 0) is 10.1 Å². The Morgan fingerprint density at radius 1 is 0.742 bits per heavy atom. The maximum absolute atomic E-state index is 11.6. The second kappa shape index (κ2) is 17.8. The van der Waals surface area contributed by atoms with Crippen LogP contribution in [0.1, 0.15) is 122 Å². The van der Waals surface area contributed by atoms with Crippen molar-refractivity contribution in [2.24, 2.45) is 0 Å². The van der Waals surface area contributed by atoms with Gasteiger partial charge in [-0.05, 0) is 24.5 Å². The van der Waals surface area contributed by atoms with Crippen LogP contribution in [0, 0.1) is 0 Å². The Kier molecular flexibility index (Phi) is 18.0. The molecule has 1 aromatic rings. The molecule has 3 N–H and O–H groups in total. The molecule has 175 valence electrons. The predicted octanol–water partition coefficient (Wildman–Crippen LogP) is 6.94. The van der Waals surface area contributed by atoms with Gasteiger partial charge in [0.15, 0.2) is 0 Å². The van der Waals surface area contributed by atoms with Gasteiger partial charge >= 0.3 is 0 Å². The van der Waals surface area contributed by atoms with E-state index in [0.29, 0.717) is 6.42 Å². The van der Waals surface area contributed by atoms with E-state index < -0.39 is 20.8 Å². The molecule has 0 saturated heterocycles. The number of phenols is 2. The summed E-state index contributed by atoms with van der Waals surface area (Å²) in [5.41, 5.74) is 0.104. The van der Waals surface area contributed by atoms with Crippen LogP contribution in [0.3, 0.4) is 0 Å². The molecule has 0 aliphatic carbocycles. The average Bonchev–Trinajstić information content (AvgIpc) is 2.68. The Morgan fingerprint density at radius 2 is 1.13 bits per heavy atom. The van der Waals surface area contributed by atoms with E-state index in [9.17, 15) is 23.2 Å². The minimum Gasteiger partial charge on any atom is -0.508 e. The molecule has 0 bridgehead atoms. The number of rotatable bonds is 17. The van der Waals surface area contributed by atoms with Crippen LogP contribution in [0.25, 0.3) is 0 Å². The molecule has 0 spiro atoms. The van der Waals surface area contributed by atoms with Crippen molar-refractivity contribution in [1.29, 1.82) is 0 Å². The Labute approximate surface area is 232 Å². The molecule has 0 aliphatic rings. The molecule has 1 aromatic carbocycles. The molecule has 1 rings (SSSR count). The maximum Gasteiger partial charge on any atom is 0.298 e. The van der Waals surface area contributed by atoms with E-state index in [1.165, 1.54) is 76.7 Å². The summed E-state index contributed by atoms with van der Waals surface area (Å²) >= 11 is 0. The van der Waals surface area contributed by atoms with Crippen molar-refractivity contribution in [2.75, 3.05) is 0 Å². The van der Waals surface area contributed by atoms with Crippen LogP contribution in [0.15, 0.2) is 17.0 Å². The van der Waals surface area contributed by atoms with E-state index in [4.69, 9.17) is 0 Å². The SMILES string of the molecule is CCCCCCCCCCCCCCCCC(C)c1c(O)ccc(O)c1S(=O)(=O)O.[K]. The monoisotopic (exact) mass is 481 g/mol. The number of aromatic hydroxyl groups is 2. The number of unbranched alkanes of at least 4 members (excludes halogenated alkanes) is 13. The molecule has 0 aromatic heterocycles. The summed E-state index contributed by atoms with van der Waals surface area (Å²) in [5, 5.41) is 19.9. The molecule has 1 unspecified atom stereocenters. The second-order valence-corrected chi connectivity index (χ2v) is 9.97. The fourth-order valence-corrected chi connectivity index (χ4v) is 5.03. The van der Waals surface area contributed by atoms with Crippen LogP contribution in [0.2, 0.25) is 0 Å². The molecule has 1 atom stereocenters. The first-order valence-corrected chi connectivity index (χ1v) is 13.2. The Hall–Kier alpha value is 0.366. The van der Waals surface area contributed by atoms with Crippen molar-refractivity contribution >= 4 is 61.5 Å². The van der Waals surface area contributed by atoms with Crippen molar-refractivity contribution < 1.29 is 23.2 Å². The summed E-state index contributed by atoms with van der Waals surface area (Å²) in [6, 6.07) is 2.35. The summed E-state index contributed by atoms with van der Waals surface area (Å²) in [6.07, 6.45) is 18.5. The zero-order valence-electron chi connectivity index (χ0n) is 19.9. The van der Waals surface area contributed by atoms with E-state index >= 15 is 0 Å². The first-order valence-electron chi connectivity index (χ1n) is 11.8. The number of hydrogen-bond donors (Lipinski definition) is 3. The molecule has 5 nitrogen and oxygen atoms in total. The van der Waals surface area contributed by atoms with E-state index in [-0.39, 0.29) is 68.6 Å². The van der Waals surface area contributed by atoms with Gasteiger partial charge in [0.2, 0.25) is 0 Å². The van der Waals surface area contributed by atoms with Gasteiger partial charge < -0.3 is 10.2 Å². The van der Waals surface area contributed by atoms with E-state index in [0.717, 1.165) is 25.3 Å². The van der Waals surface area contributed by atoms with E-state index in [2.05, 4.69) is 6.92 Å². The van der Waals surface area contributed by atoms with Gasteiger partial charge in [-0.3, -0.25) is 4.55 Å². The largest absolute Gasteiger partial charge is 0.508 e. The Balaban J connectivity index is 0.00000900. The third kappa shape index (κ3) is 13.0.